The highest BCUT2D eigenvalue weighted by Gasteiger charge is 2.36. The van der Waals surface area contributed by atoms with Crippen molar-refractivity contribution in [1.82, 2.24) is 0 Å². The molecule has 0 spiro atoms. The van der Waals surface area contributed by atoms with Crippen LogP contribution in [0.5, 0.6) is 0 Å². The molecule has 4 rings (SSSR count). The summed E-state index contributed by atoms with van der Waals surface area (Å²) in [6.45, 7) is 1.64. The van der Waals surface area contributed by atoms with Crippen LogP contribution in [0.15, 0.2) is 48.5 Å². The number of aliphatic hydroxyl groups excluding tert-OH is 1. The van der Waals surface area contributed by atoms with Crippen molar-refractivity contribution in [2.75, 3.05) is 13.2 Å². The summed E-state index contributed by atoms with van der Waals surface area (Å²) in [4.78, 5) is 0. The monoisotopic (exact) mass is 365 g/mol. The highest BCUT2D eigenvalue weighted by atomic mass is 16.5. The zero-order valence-corrected chi connectivity index (χ0v) is 16.1. The van der Waals surface area contributed by atoms with Gasteiger partial charge in [0.05, 0.1) is 19.8 Å². The molecule has 2 aliphatic rings. The van der Waals surface area contributed by atoms with E-state index >= 15 is 0 Å². The third-order valence-corrected chi connectivity index (χ3v) is 6.46. The van der Waals surface area contributed by atoms with Gasteiger partial charge in [0.1, 0.15) is 0 Å². The van der Waals surface area contributed by atoms with Crippen molar-refractivity contribution in [2.45, 2.75) is 56.6 Å². The van der Waals surface area contributed by atoms with Crippen molar-refractivity contribution < 1.29 is 9.84 Å². The maximum atomic E-state index is 9.52. The third-order valence-electron chi connectivity index (χ3n) is 6.46. The summed E-state index contributed by atoms with van der Waals surface area (Å²) >= 11 is 0. The summed E-state index contributed by atoms with van der Waals surface area (Å²) < 4.78 is 5.98. The Morgan fingerprint density at radius 1 is 1.07 bits per heavy atom. The Bertz CT molecular complexity index is 760. The number of benzene rings is 2. The topological polar surface area (TPSA) is 55.5 Å². The molecule has 1 fully saturated rings. The van der Waals surface area contributed by atoms with Gasteiger partial charge in [0.2, 0.25) is 0 Å². The van der Waals surface area contributed by atoms with E-state index in [2.05, 4.69) is 42.5 Å². The molecule has 1 unspecified atom stereocenters. The highest BCUT2D eigenvalue weighted by Crippen LogP contribution is 2.40. The minimum absolute atomic E-state index is 0.0963. The van der Waals surface area contributed by atoms with Crippen molar-refractivity contribution in [2.24, 2.45) is 11.7 Å². The van der Waals surface area contributed by atoms with Crippen molar-refractivity contribution in [3.63, 3.8) is 0 Å². The molecular formula is C24H31NO2. The second-order valence-electron chi connectivity index (χ2n) is 8.60. The lowest BCUT2D eigenvalue weighted by Gasteiger charge is -2.26. The van der Waals surface area contributed by atoms with Crippen molar-refractivity contribution in [3.05, 3.63) is 70.8 Å². The van der Waals surface area contributed by atoms with Gasteiger partial charge in [-0.3, -0.25) is 0 Å². The first kappa shape index (κ1) is 18.7. The van der Waals surface area contributed by atoms with Crippen LogP contribution in [0.1, 0.15) is 53.9 Å². The van der Waals surface area contributed by atoms with Gasteiger partial charge in [-0.25, -0.2) is 0 Å². The first-order chi connectivity index (χ1) is 13.1. The van der Waals surface area contributed by atoms with Crippen LogP contribution >= 0.6 is 0 Å². The largest absolute Gasteiger partial charge is 0.394 e. The number of rotatable bonds is 6. The van der Waals surface area contributed by atoms with Crippen LogP contribution in [0.3, 0.4) is 0 Å². The Morgan fingerprint density at radius 2 is 1.93 bits per heavy atom. The number of hydrogen-bond donors (Lipinski definition) is 2. The second kappa shape index (κ2) is 8.14. The Morgan fingerprint density at radius 3 is 2.70 bits per heavy atom. The molecule has 2 aromatic carbocycles. The van der Waals surface area contributed by atoms with Gasteiger partial charge >= 0.3 is 0 Å². The van der Waals surface area contributed by atoms with Gasteiger partial charge in [0.15, 0.2) is 0 Å². The third kappa shape index (κ3) is 4.43. The van der Waals surface area contributed by atoms with Gasteiger partial charge in [0, 0.05) is 5.54 Å². The lowest BCUT2D eigenvalue weighted by Crippen LogP contribution is -2.40. The van der Waals surface area contributed by atoms with E-state index < -0.39 is 0 Å². The van der Waals surface area contributed by atoms with Crippen LogP contribution in [0.25, 0.3) is 0 Å². The number of fused-ring (bicyclic) bond motifs is 1. The van der Waals surface area contributed by atoms with Gasteiger partial charge < -0.3 is 15.6 Å². The zero-order chi connectivity index (χ0) is 18.7. The molecule has 3 atom stereocenters. The van der Waals surface area contributed by atoms with Crippen LogP contribution in [-0.2, 0) is 24.2 Å². The molecule has 0 amide bonds. The average Bonchev–Trinajstić information content (AvgIpc) is 3.11. The molecule has 2 aliphatic carbocycles. The quantitative estimate of drug-likeness (QED) is 0.814. The molecule has 1 saturated carbocycles. The van der Waals surface area contributed by atoms with Crippen LogP contribution in [0.2, 0.25) is 0 Å². The van der Waals surface area contributed by atoms with E-state index in [4.69, 9.17) is 10.5 Å². The molecule has 0 bridgehead atoms. The predicted molar refractivity (Wildman–Crippen MR) is 109 cm³/mol. The van der Waals surface area contributed by atoms with Gasteiger partial charge in [-0.05, 0) is 72.6 Å². The van der Waals surface area contributed by atoms with E-state index in [9.17, 15) is 5.11 Å². The molecule has 2 aromatic rings. The smallest absolute Gasteiger partial charge is 0.0717 e. The highest BCUT2D eigenvalue weighted by molar-refractivity contribution is 5.36. The van der Waals surface area contributed by atoms with Gasteiger partial charge in [-0.2, -0.15) is 0 Å². The molecule has 27 heavy (non-hydrogen) atoms. The van der Waals surface area contributed by atoms with Crippen LogP contribution in [0.4, 0.5) is 0 Å². The number of aryl methyl sites for hydroxylation is 1. The standard InChI is InChI=1S/C24H31NO2/c25-24(17-26)11-10-23(14-24)22-9-8-20-12-19(6-7-21(20)13-22)16-27-15-18-4-2-1-3-5-18/h1-5,8-9,13,19,23,26H,6-7,10-12,14-17,25H2/t19?,23-,24+/m0/s1. The lowest BCUT2D eigenvalue weighted by molar-refractivity contribution is 0.0823. The SMILES string of the molecule is N[C@]1(CO)CC[C@H](c2ccc3c(c2)CCC(COCc2ccccc2)C3)C1. The van der Waals surface area contributed by atoms with E-state index in [1.54, 1.807) is 0 Å². The van der Waals surface area contributed by atoms with Gasteiger partial charge in [0.25, 0.3) is 0 Å². The van der Waals surface area contributed by atoms with Crippen LogP contribution in [0, 0.1) is 5.92 Å². The maximum Gasteiger partial charge on any atom is 0.0717 e. The molecule has 0 heterocycles. The minimum atomic E-state index is -0.373. The van der Waals surface area contributed by atoms with E-state index in [0.29, 0.717) is 18.4 Å². The molecule has 3 heteroatoms. The van der Waals surface area contributed by atoms with E-state index in [1.165, 1.54) is 28.7 Å². The second-order valence-corrected chi connectivity index (χ2v) is 8.60. The average molecular weight is 366 g/mol. The Kier molecular flexibility index (Phi) is 5.63. The molecule has 3 N–H and O–H groups in total. The summed E-state index contributed by atoms with van der Waals surface area (Å²) in [5.74, 6) is 1.11. The number of hydrogen-bond acceptors (Lipinski definition) is 3. The summed E-state index contributed by atoms with van der Waals surface area (Å²) in [7, 11) is 0. The van der Waals surface area contributed by atoms with Gasteiger partial charge in [-0.15, -0.1) is 0 Å². The molecule has 144 valence electrons. The first-order valence-corrected chi connectivity index (χ1v) is 10.3. The fourth-order valence-electron chi connectivity index (χ4n) is 4.75. The molecule has 3 nitrogen and oxygen atoms in total. The van der Waals surface area contributed by atoms with Crippen LogP contribution < -0.4 is 5.73 Å². The summed E-state index contributed by atoms with van der Waals surface area (Å²) in [6.07, 6.45) is 6.37. The molecule has 0 aliphatic heterocycles. The zero-order valence-electron chi connectivity index (χ0n) is 16.1. The van der Waals surface area contributed by atoms with E-state index in [-0.39, 0.29) is 12.1 Å². The molecule has 0 saturated heterocycles. The summed E-state index contributed by atoms with van der Waals surface area (Å²) in [6, 6.07) is 17.4. The fraction of sp³-hybridized carbons (Fsp3) is 0.500. The summed E-state index contributed by atoms with van der Waals surface area (Å²) in [5.41, 5.74) is 11.5. The molecule has 0 aromatic heterocycles. The Balaban J connectivity index is 1.33. The predicted octanol–water partition coefficient (Wildman–Crippen LogP) is 3.97. The molecular weight excluding hydrogens is 334 g/mol. The Labute approximate surface area is 162 Å². The van der Waals surface area contributed by atoms with Crippen molar-refractivity contribution >= 4 is 0 Å². The first-order valence-electron chi connectivity index (χ1n) is 10.3. The molecule has 0 radical (unpaired) electrons. The fourth-order valence-corrected chi connectivity index (χ4v) is 4.75. The van der Waals surface area contributed by atoms with Crippen molar-refractivity contribution in [3.8, 4) is 0 Å². The number of nitrogens with two attached hydrogens (primary N) is 1. The van der Waals surface area contributed by atoms with E-state index in [0.717, 1.165) is 38.7 Å². The number of aliphatic hydroxyl groups is 1. The van der Waals surface area contributed by atoms with E-state index in [1.807, 2.05) is 6.07 Å². The minimum Gasteiger partial charge on any atom is -0.394 e. The maximum absolute atomic E-state index is 9.52. The number of ether oxygens (including phenoxy) is 1. The van der Waals surface area contributed by atoms with Crippen molar-refractivity contribution in [1.29, 1.82) is 0 Å². The van der Waals surface area contributed by atoms with Gasteiger partial charge in [-0.1, -0.05) is 48.5 Å². The lowest BCUT2D eigenvalue weighted by atomic mass is 9.82. The Hall–Kier alpha value is -1.68. The van der Waals surface area contributed by atoms with Crippen LogP contribution in [-0.4, -0.2) is 23.9 Å². The normalized spacial score (nSPS) is 27.5. The summed E-state index contributed by atoms with van der Waals surface area (Å²) in [5, 5.41) is 9.52.